The molecule has 1 aliphatic rings. The third-order valence-electron chi connectivity index (χ3n) is 3.46. The number of hydrogen-bond acceptors (Lipinski definition) is 4. The summed E-state index contributed by atoms with van der Waals surface area (Å²) >= 11 is 0. The van der Waals surface area contributed by atoms with Crippen molar-refractivity contribution in [2.24, 2.45) is 5.73 Å². The molecule has 1 aliphatic heterocycles. The number of nitrogens with one attached hydrogen (secondary N) is 1. The maximum absolute atomic E-state index is 12.0. The number of piperidine rings is 1. The Morgan fingerprint density at radius 3 is 2.85 bits per heavy atom. The van der Waals surface area contributed by atoms with Gasteiger partial charge in [-0.1, -0.05) is 12.5 Å². The van der Waals surface area contributed by atoms with Crippen LogP contribution in [0.1, 0.15) is 19.3 Å². The lowest BCUT2D eigenvalue weighted by Gasteiger charge is -2.32. The van der Waals surface area contributed by atoms with Crippen LogP contribution in [-0.2, 0) is 9.59 Å². The largest absolute Gasteiger partial charge is 0.399 e. The molecule has 5 N–H and O–H groups in total. The van der Waals surface area contributed by atoms with Gasteiger partial charge in [-0.05, 0) is 37.6 Å². The molecule has 1 aromatic rings. The average molecular weight is 276 g/mol. The van der Waals surface area contributed by atoms with Gasteiger partial charge >= 0.3 is 0 Å². The van der Waals surface area contributed by atoms with Gasteiger partial charge in [0.1, 0.15) is 0 Å². The highest BCUT2D eigenvalue weighted by molar-refractivity contribution is 5.93. The molecule has 0 saturated carbocycles. The third kappa shape index (κ3) is 3.71. The summed E-state index contributed by atoms with van der Waals surface area (Å²) in [5, 5.41) is 2.78. The first kappa shape index (κ1) is 14.3. The van der Waals surface area contributed by atoms with Gasteiger partial charge < -0.3 is 16.8 Å². The van der Waals surface area contributed by atoms with E-state index in [-0.39, 0.29) is 24.4 Å². The monoisotopic (exact) mass is 276 g/mol. The highest BCUT2D eigenvalue weighted by Crippen LogP contribution is 2.17. The maximum atomic E-state index is 12.0. The van der Waals surface area contributed by atoms with Crippen LogP contribution < -0.4 is 16.8 Å². The second kappa shape index (κ2) is 6.38. The van der Waals surface area contributed by atoms with Crippen LogP contribution in [-0.4, -0.2) is 35.8 Å². The van der Waals surface area contributed by atoms with Crippen LogP contribution in [0.2, 0.25) is 0 Å². The quantitative estimate of drug-likeness (QED) is 0.699. The van der Waals surface area contributed by atoms with Gasteiger partial charge in [0, 0.05) is 11.4 Å². The summed E-state index contributed by atoms with van der Waals surface area (Å²) in [6.07, 6.45) is 2.68. The first-order chi connectivity index (χ1) is 9.56. The van der Waals surface area contributed by atoms with Crippen molar-refractivity contribution in [1.29, 1.82) is 0 Å². The highest BCUT2D eigenvalue weighted by Gasteiger charge is 2.28. The van der Waals surface area contributed by atoms with Crippen molar-refractivity contribution < 1.29 is 9.59 Å². The average Bonchev–Trinajstić information content (AvgIpc) is 2.38. The summed E-state index contributed by atoms with van der Waals surface area (Å²) in [7, 11) is 0. The van der Waals surface area contributed by atoms with Crippen LogP contribution in [0.3, 0.4) is 0 Å². The van der Waals surface area contributed by atoms with E-state index in [4.69, 9.17) is 11.5 Å². The standard InChI is InChI=1S/C14H20N4O2/c15-10-4-3-5-11(8-10)17-13(19)9-18-7-2-1-6-12(18)14(16)20/h3-5,8,12H,1-2,6-7,9,15H2,(H2,16,20)(H,17,19). The Morgan fingerprint density at radius 2 is 2.15 bits per heavy atom. The van der Waals surface area contributed by atoms with E-state index in [1.54, 1.807) is 24.3 Å². The fourth-order valence-corrected chi connectivity index (χ4v) is 2.50. The van der Waals surface area contributed by atoms with Gasteiger partial charge in [-0.3, -0.25) is 14.5 Å². The predicted octanol–water partition coefficient (Wildman–Crippen LogP) is 0.547. The lowest BCUT2D eigenvalue weighted by atomic mass is 10.0. The van der Waals surface area contributed by atoms with E-state index in [0.717, 1.165) is 25.8 Å². The molecule has 6 heteroatoms. The zero-order valence-corrected chi connectivity index (χ0v) is 11.3. The smallest absolute Gasteiger partial charge is 0.238 e. The second-order valence-electron chi connectivity index (χ2n) is 5.06. The minimum Gasteiger partial charge on any atom is -0.399 e. The topological polar surface area (TPSA) is 101 Å². The van der Waals surface area contributed by atoms with Crippen molar-refractivity contribution >= 4 is 23.2 Å². The van der Waals surface area contributed by atoms with E-state index < -0.39 is 0 Å². The molecule has 1 heterocycles. The molecule has 2 rings (SSSR count). The Morgan fingerprint density at radius 1 is 1.35 bits per heavy atom. The molecule has 0 radical (unpaired) electrons. The molecule has 108 valence electrons. The molecule has 1 aromatic carbocycles. The number of rotatable bonds is 4. The summed E-state index contributed by atoms with van der Waals surface area (Å²) in [6.45, 7) is 0.889. The third-order valence-corrected chi connectivity index (χ3v) is 3.46. The molecule has 1 atom stereocenters. The molecule has 0 aliphatic carbocycles. The number of benzene rings is 1. The number of carbonyl (C=O) groups is 2. The van der Waals surface area contributed by atoms with E-state index in [9.17, 15) is 9.59 Å². The van der Waals surface area contributed by atoms with Crippen molar-refractivity contribution in [1.82, 2.24) is 4.90 Å². The zero-order chi connectivity index (χ0) is 14.5. The first-order valence-corrected chi connectivity index (χ1v) is 6.75. The van der Waals surface area contributed by atoms with Crippen LogP contribution >= 0.6 is 0 Å². The Hall–Kier alpha value is -2.08. The number of likely N-dealkylation sites (tertiary alicyclic amines) is 1. The molecular formula is C14H20N4O2. The van der Waals surface area contributed by atoms with E-state index in [2.05, 4.69) is 5.32 Å². The summed E-state index contributed by atoms with van der Waals surface area (Å²) < 4.78 is 0. The number of anilines is 2. The fraction of sp³-hybridized carbons (Fsp3) is 0.429. The minimum absolute atomic E-state index is 0.163. The SMILES string of the molecule is NC(=O)C1CCCCN1CC(=O)Nc1cccc(N)c1. The Balaban J connectivity index is 1.94. The number of nitrogen functional groups attached to an aromatic ring is 1. The van der Waals surface area contributed by atoms with Crippen LogP contribution in [0.4, 0.5) is 11.4 Å². The molecule has 0 aromatic heterocycles. The zero-order valence-electron chi connectivity index (χ0n) is 11.3. The lowest BCUT2D eigenvalue weighted by molar-refractivity contribution is -0.126. The summed E-state index contributed by atoms with van der Waals surface area (Å²) in [6, 6.07) is 6.66. The van der Waals surface area contributed by atoms with Gasteiger partial charge in [0.15, 0.2) is 0 Å². The van der Waals surface area contributed by atoms with Crippen molar-refractivity contribution in [2.75, 3.05) is 24.1 Å². The van der Waals surface area contributed by atoms with Crippen molar-refractivity contribution in [3.05, 3.63) is 24.3 Å². The van der Waals surface area contributed by atoms with Gasteiger partial charge in [-0.2, -0.15) is 0 Å². The number of amides is 2. The predicted molar refractivity (Wildman–Crippen MR) is 77.9 cm³/mol. The van der Waals surface area contributed by atoms with Crippen molar-refractivity contribution in [3.8, 4) is 0 Å². The number of carbonyl (C=O) groups excluding carboxylic acids is 2. The van der Waals surface area contributed by atoms with Gasteiger partial charge in [0.05, 0.1) is 12.6 Å². The summed E-state index contributed by atoms with van der Waals surface area (Å²) in [5.74, 6) is -0.523. The molecule has 1 unspecified atom stereocenters. The maximum Gasteiger partial charge on any atom is 0.238 e. The van der Waals surface area contributed by atoms with Gasteiger partial charge in [0.25, 0.3) is 0 Å². The van der Waals surface area contributed by atoms with E-state index in [1.165, 1.54) is 0 Å². The summed E-state index contributed by atoms with van der Waals surface area (Å²) in [5.41, 5.74) is 12.3. The van der Waals surface area contributed by atoms with Gasteiger partial charge in [0.2, 0.25) is 11.8 Å². The summed E-state index contributed by atoms with van der Waals surface area (Å²) in [4.78, 5) is 25.2. The lowest BCUT2D eigenvalue weighted by Crippen LogP contribution is -2.50. The molecule has 6 nitrogen and oxygen atoms in total. The number of primary amides is 1. The number of hydrogen-bond donors (Lipinski definition) is 3. The Labute approximate surface area is 118 Å². The number of nitrogens with zero attached hydrogens (tertiary/aromatic N) is 1. The van der Waals surface area contributed by atoms with E-state index >= 15 is 0 Å². The highest BCUT2D eigenvalue weighted by atomic mass is 16.2. The molecule has 0 spiro atoms. The molecular weight excluding hydrogens is 256 g/mol. The molecule has 20 heavy (non-hydrogen) atoms. The molecule has 1 fully saturated rings. The van der Waals surface area contributed by atoms with Crippen LogP contribution in [0.25, 0.3) is 0 Å². The Bertz CT molecular complexity index is 504. The van der Waals surface area contributed by atoms with Crippen molar-refractivity contribution in [3.63, 3.8) is 0 Å². The molecule has 1 saturated heterocycles. The van der Waals surface area contributed by atoms with Gasteiger partial charge in [-0.15, -0.1) is 0 Å². The molecule has 0 bridgehead atoms. The molecule has 2 amide bonds. The minimum atomic E-state index is -0.360. The fourth-order valence-electron chi connectivity index (χ4n) is 2.50. The van der Waals surface area contributed by atoms with Gasteiger partial charge in [-0.25, -0.2) is 0 Å². The number of nitrogens with two attached hydrogens (primary N) is 2. The first-order valence-electron chi connectivity index (χ1n) is 6.75. The van der Waals surface area contributed by atoms with Crippen LogP contribution in [0, 0.1) is 0 Å². The van der Waals surface area contributed by atoms with E-state index in [0.29, 0.717) is 11.4 Å². The van der Waals surface area contributed by atoms with Crippen LogP contribution in [0.15, 0.2) is 24.3 Å². The second-order valence-corrected chi connectivity index (χ2v) is 5.06. The van der Waals surface area contributed by atoms with E-state index in [1.807, 2.05) is 4.90 Å². The Kier molecular flexibility index (Phi) is 4.57. The van der Waals surface area contributed by atoms with Crippen LogP contribution in [0.5, 0.6) is 0 Å². The van der Waals surface area contributed by atoms with Crippen molar-refractivity contribution in [2.45, 2.75) is 25.3 Å². The normalized spacial score (nSPS) is 19.5.